The van der Waals surface area contributed by atoms with Crippen LogP contribution in [-0.2, 0) is 0 Å². The average molecular weight is 388 g/mol. The molecule has 1 N–H and O–H groups in total. The number of alkyl halides is 1. The van der Waals surface area contributed by atoms with Gasteiger partial charge in [-0.1, -0.05) is 40.3 Å². The maximum atomic E-state index is 11.6. The van der Waals surface area contributed by atoms with Crippen molar-refractivity contribution in [1.29, 1.82) is 0 Å². The number of amides is 1. The van der Waals surface area contributed by atoms with E-state index >= 15 is 0 Å². The number of benzene rings is 1. The predicted octanol–water partition coefficient (Wildman–Crippen LogP) is 3.27. The molecular formula is C9H8BrClINO. The third kappa shape index (κ3) is 3.10. The molecule has 0 aliphatic carbocycles. The van der Waals surface area contributed by atoms with Crippen LogP contribution in [0.25, 0.3) is 0 Å². The molecule has 1 aromatic rings. The molecule has 0 spiro atoms. The minimum absolute atomic E-state index is 0.132. The van der Waals surface area contributed by atoms with Gasteiger partial charge < -0.3 is 5.32 Å². The fraction of sp³-hybridized carbons (Fsp3) is 0.222. The normalized spacial score (nSPS) is 9.93. The van der Waals surface area contributed by atoms with Gasteiger partial charge in [-0.05, 0) is 28.1 Å². The Labute approximate surface area is 110 Å². The van der Waals surface area contributed by atoms with Crippen molar-refractivity contribution < 1.29 is 4.79 Å². The van der Waals surface area contributed by atoms with Crippen LogP contribution >= 0.6 is 50.1 Å². The molecule has 1 amide bonds. The molecule has 0 heterocycles. The predicted molar refractivity (Wildman–Crippen MR) is 70.4 cm³/mol. The molecule has 2 nitrogen and oxygen atoms in total. The Morgan fingerprint density at radius 2 is 2.29 bits per heavy atom. The van der Waals surface area contributed by atoms with Gasteiger partial charge in [0.05, 0.1) is 10.6 Å². The fourth-order valence-corrected chi connectivity index (χ4v) is 1.78. The average Bonchev–Trinajstić information content (AvgIpc) is 2.18. The molecule has 14 heavy (non-hydrogen) atoms. The van der Waals surface area contributed by atoms with Crippen molar-refractivity contribution in [3.05, 3.63) is 33.3 Å². The summed E-state index contributed by atoms with van der Waals surface area (Å²) in [6.07, 6.45) is 0. The fourth-order valence-electron chi connectivity index (χ4n) is 0.935. The van der Waals surface area contributed by atoms with Crippen molar-refractivity contribution in [3.63, 3.8) is 0 Å². The summed E-state index contributed by atoms with van der Waals surface area (Å²) in [5.74, 6) is -0.132. The second kappa shape index (κ2) is 5.92. The van der Waals surface area contributed by atoms with Crippen LogP contribution in [0.4, 0.5) is 0 Å². The second-order valence-corrected chi connectivity index (χ2v) is 4.86. The minimum Gasteiger partial charge on any atom is -0.351 e. The molecule has 1 aromatic carbocycles. The van der Waals surface area contributed by atoms with Crippen LogP contribution in [-0.4, -0.2) is 16.9 Å². The molecular weight excluding hydrogens is 380 g/mol. The van der Waals surface area contributed by atoms with Crippen LogP contribution in [0.15, 0.2) is 22.7 Å². The highest BCUT2D eigenvalue weighted by atomic mass is 127. The van der Waals surface area contributed by atoms with E-state index < -0.39 is 0 Å². The molecule has 0 bridgehead atoms. The highest BCUT2D eigenvalue weighted by Crippen LogP contribution is 2.25. The molecule has 76 valence electrons. The summed E-state index contributed by atoms with van der Waals surface area (Å²) in [7, 11) is 0. The number of hydrogen-bond donors (Lipinski definition) is 1. The number of rotatable bonds is 3. The third-order valence-electron chi connectivity index (χ3n) is 1.58. The van der Waals surface area contributed by atoms with E-state index in [-0.39, 0.29) is 5.91 Å². The van der Waals surface area contributed by atoms with Gasteiger partial charge in [0.2, 0.25) is 0 Å². The maximum absolute atomic E-state index is 11.6. The summed E-state index contributed by atoms with van der Waals surface area (Å²) in [6.45, 7) is 0.655. The molecule has 0 aromatic heterocycles. The van der Waals surface area contributed by atoms with E-state index in [1.54, 1.807) is 18.2 Å². The van der Waals surface area contributed by atoms with Gasteiger partial charge in [-0.15, -0.1) is 0 Å². The van der Waals surface area contributed by atoms with Gasteiger partial charge in [0, 0.05) is 15.4 Å². The second-order valence-electron chi connectivity index (χ2n) is 2.55. The van der Waals surface area contributed by atoms with Crippen LogP contribution < -0.4 is 5.32 Å². The number of carbonyl (C=O) groups is 1. The summed E-state index contributed by atoms with van der Waals surface area (Å²) in [6, 6.07) is 5.29. The SMILES string of the molecule is O=C(NCCI)c1cccc(Br)c1Cl. The van der Waals surface area contributed by atoms with Gasteiger partial charge in [0.15, 0.2) is 0 Å². The lowest BCUT2D eigenvalue weighted by molar-refractivity contribution is 0.0956. The van der Waals surface area contributed by atoms with E-state index in [9.17, 15) is 4.79 Å². The molecule has 0 radical (unpaired) electrons. The van der Waals surface area contributed by atoms with Gasteiger partial charge in [-0.3, -0.25) is 4.79 Å². The van der Waals surface area contributed by atoms with E-state index in [2.05, 4.69) is 43.8 Å². The topological polar surface area (TPSA) is 29.1 Å². The molecule has 5 heteroatoms. The Morgan fingerprint density at radius 1 is 1.57 bits per heavy atom. The Hall–Kier alpha value is 0.190. The van der Waals surface area contributed by atoms with Gasteiger partial charge >= 0.3 is 0 Å². The lowest BCUT2D eigenvalue weighted by Gasteiger charge is -2.05. The largest absolute Gasteiger partial charge is 0.351 e. The Bertz CT molecular complexity index is 346. The molecule has 0 unspecified atom stereocenters. The summed E-state index contributed by atoms with van der Waals surface area (Å²) in [5.41, 5.74) is 0.505. The molecule has 0 aliphatic rings. The first-order valence-electron chi connectivity index (χ1n) is 3.95. The Kier molecular flexibility index (Phi) is 5.19. The molecule has 1 rings (SSSR count). The first-order chi connectivity index (χ1) is 6.66. The summed E-state index contributed by atoms with van der Waals surface area (Å²) in [4.78, 5) is 11.6. The zero-order valence-corrected chi connectivity index (χ0v) is 11.7. The van der Waals surface area contributed by atoms with Crippen molar-refractivity contribution in [2.45, 2.75) is 0 Å². The van der Waals surface area contributed by atoms with Crippen LogP contribution in [0.5, 0.6) is 0 Å². The number of halogens is 3. The van der Waals surface area contributed by atoms with E-state index in [0.29, 0.717) is 17.1 Å². The smallest absolute Gasteiger partial charge is 0.252 e. The maximum Gasteiger partial charge on any atom is 0.252 e. The van der Waals surface area contributed by atoms with Crippen LogP contribution in [0.2, 0.25) is 5.02 Å². The summed E-state index contributed by atoms with van der Waals surface area (Å²) in [5, 5.41) is 3.22. The monoisotopic (exact) mass is 387 g/mol. The molecule has 0 atom stereocenters. The number of nitrogens with one attached hydrogen (secondary N) is 1. The molecule has 0 fully saturated rings. The molecule has 0 aliphatic heterocycles. The summed E-state index contributed by atoms with van der Waals surface area (Å²) < 4.78 is 1.62. The van der Waals surface area contributed by atoms with Crippen molar-refractivity contribution >= 4 is 56.0 Å². The van der Waals surface area contributed by atoms with Gasteiger partial charge in [0.25, 0.3) is 5.91 Å². The number of hydrogen-bond acceptors (Lipinski definition) is 1. The van der Waals surface area contributed by atoms with Crippen LogP contribution in [0, 0.1) is 0 Å². The quantitative estimate of drug-likeness (QED) is 0.625. The van der Waals surface area contributed by atoms with E-state index in [1.165, 1.54) is 0 Å². The Morgan fingerprint density at radius 3 is 2.93 bits per heavy atom. The van der Waals surface area contributed by atoms with Crippen molar-refractivity contribution in [2.75, 3.05) is 11.0 Å². The van der Waals surface area contributed by atoms with Crippen LogP contribution in [0.1, 0.15) is 10.4 Å². The zero-order valence-electron chi connectivity index (χ0n) is 7.19. The van der Waals surface area contributed by atoms with E-state index in [1.807, 2.05) is 0 Å². The highest BCUT2D eigenvalue weighted by Gasteiger charge is 2.10. The molecule has 0 saturated heterocycles. The summed E-state index contributed by atoms with van der Waals surface area (Å²) >= 11 is 11.4. The minimum atomic E-state index is -0.132. The standard InChI is InChI=1S/C9H8BrClINO/c10-7-3-1-2-6(8(7)11)9(14)13-5-4-12/h1-3H,4-5H2,(H,13,14). The van der Waals surface area contributed by atoms with E-state index in [0.717, 1.165) is 8.90 Å². The van der Waals surface area contributed by atoms with Gasteiger partial charge in [-0.2, -0.15) is 0 Å². The molecule has 0 saturated carbocycles. The van der Waals surface area contributed by atoms with Crippen molar-refractivity contribution in [2.24, 2.45) is 0 Å². The first kappa shape index (κ1) is 12.3. The third-order valence-corrected chi connectivity index (χ3v) is 3.41. The Balaban J connectivity index is 2.84. The van der Waals surface area contributed by atoms with E-state index in [4.69, 9.17) is 11.6 Å². The van der Waals surface area contributed by atoms with Crippen molar-refractivity contribution in [3.8, 4) is 0 Å². The zero-order chi connectivity index (χ0) is 10.6. The van der Waals surface area contributed by atoms with Gasteiger partial charge in [-0.25, -0.2) is 0 Å². The number of carbonyl (C=O) groups excluding carboxylic acids is 1. The highest BCUT2D eigenvalue weighted by molar-refractivity contribution is 14.1. The lowest BCUT2D eigenvalue weighted by atomic mass is 10.2. The van der Waals surface area contributed by atoms with Crippen LogP contribution in [0.3, 0.4) is 0 Å². The van der Waals surface area contributed by atoms with Gasteiger partial charge in [0.1, 0.15) is 0 Å². The lowest BCUT2D eigenvalue weighted by Crippen LogP contribution is -2.25. The van der Waals surface area contributed by atoms with Crippen molar-refractivity contribution in [1.82, 2.24) is 5.32 Å². The first-order valence-corrected chi connectivity index (χ1v) is 6.64.